The van der Waals surface area contributed by atoms with Gasteiger partial charge in [-0.2, -0.15) is 13.2 Å². The summed E-state index contributed by atoms with van der Waals surface area (Å²) in [6, 6.07) is 1.76. The van der Waals surface area contributed by atoms with Crippen LogP contribution in [0.25, 0.3) is 0 Å². The molecule has 11 nitrogen and oxygen atoms in total. The topological polar surface area (TPSA) is 140 Å². The number of anilines is 1. The van der Waals surface area contributed by atoms with Crippen LogP contribution in [-0.2, 0) is 23.8 Å². The predicted molar refractivity (Wildman–Crippen MR) is 110 cm³/mol. The molecule has 0 unspecified atom stereocenters. The highest BCUT2D eigenvalue weighted by Gasteiger charge is 2.37. The SMILES string of the molecule is O=C(c1ccc(F)cc1C(F)(F)F)c1cnc2n1CCN(c1cnn(OP(=O)(O)O)c(=O)c1Cl)C2. The second kappa shape index (κ2) is 8.75. The van der Waals surface area contributed by atoms with Crippen LogP contribution in [-0.4, -0.2) is 41.6 Å². The molecule has 0 fully saturated rings. The Labute approximate surface area is 197 Å². The normalized spacial score (nSPS) is 14.1. The van der Waals surface area contributed by atoms with Gasteiger partial charge in [-0.05, 0) is 23.0 Å². The van der Waals surface area contributed by atoms with E-state index in [9.17, 15) is 31.7 Å². The lowest BCUT2D eigenvalue weighted by atomic mass is 10.0. The molecule has 1 aliphatic rings. The molecule has 186 valence electrons. The summed E-state index contributed by atoms with van der Waals surface area (Å²) in [6.45, 7) is 0.133. The highest BCUT2D eigenvalue weighted by atomic mass is 35.5. The molecule has 17 heteroatoms. The Balaban J connectivity index is 1.63. The van der Waals surface area contributed by atoms with Crippen molar-refractivity contribution < 1.29 is 41.3 Å². The molecular weight excluding hydrogens is 525 g/mol. The lowest BCUT2D eigenvalue weighted by Crippen LogP contribution is -2.37. The summed E-state index contributed by atoms with van der Waals surface area (Å²) in [5.41, 5.74) is -3.36. The second-order valence-corrected chi connectivity index (χ2v) is 8.77. The molecule has 0 saturated heterocycles. The van der Waals surface area contributed by atoms with Crippen LogP contribution in [0.5, 0.6) is 0 Å². The van der Waals surface area contributed by atoms with E-state index in [0.29, 0.717) is 0 Å². The van der Waals surface area contributed by atoms with Gasteiger partial charge in [-0.15, -0.1) is 5.10 Å². The first kappa shape index (κ1) is 24.9. The Bertz CT molecular complexity index is 1440. The summed E-state index contributed by atoms with van der Waals surface area (Å²) in [5.74, 6) is -1.89. The molecule has 0 amide bonds. The van der Waals surface area contributed by atoms with Crippen molar-refractivity contribution in [3.05, 3.63) is 74.4 Å². The van der Waals surface area contributed by atoms with Crippen molar-refractivity contribution in [2.75, 3.05) is 11.4 Å². The number of carbonyl (C=O) groups excluding carboxylic acids is 1. The number of hydrogen-bond acceptors (Lipinski definition) is 7. The first-order valence-electron chi connectivity index (χ1n) is 9.50. The molecule has 0 bridgehead atoms. The maximum atomic E-state index is 13.4. The van der Waals surface area contributed by atoms with Crippen LogP contribution in [0, 0.1) is 5.82 Å². The molecule has 3 heterocycles. The maximum Gasteiger partial charge on any atom is 0.545 e. The average molecular weight is 538 g/mol. The lowest BCUT2D eigenvalue weighted by Gasteiger charge is -2.30. The number of hydrogen-bond donors (Lipinski definition) is 2. The van der Waals surface area contributed by atoms with Gasteiger partial charge in [0.15, 0.2) is 0 Å². The highest BCUT2D eigenvalue weighted by molar-refractivity contribution is 7.46. The van der Waals surface area contributed by atoms with Crippen LogP contribution in [0.2, 0.25) is 5.02 Å². The van der Waals surface area contributed by atoms with Crippen LogP contribution in [0.4, 0.5) is 23.2 Å². The molecule has 2 N–H and O–H groups in total. The fourth-order valence-corrected chi connectivity index (χ4v) is 4.08. The zero-order chi connectivity index (χ0) is 25.7. The van der Waals surface area contributed by atoms with Gasteiger partial charge in [0.1, 0.15) is 22.4 Å². The zero-order valence-electron chi connectivity index (χ0n) is 17.1. The Morgan fingerprint density at radius 2 is 1.91 bits per heavy atom. The monoisotopic (exact) mass is 537 g/mol. The van der Waals surface area contributed by atoms with Crippen LogP contribution in [0.3, 0.4) is 0 Å². The summed E-state index contributed by atoms with van der Waals surface area (Å²) in [4.78, 5) is 48.4. The molecule has 0 aliphatic carbocycles. The van der Waals surface area contributed by atoms with Crippen molar-refractivity contribution in [3.8, 4) is 0 Å². The quantitative estimate of drug-likeness (QED) is 0.284. The minimum absolute atomic E-state index is 0.0347. The van der Waals surface area contributed by atoms with Crippen molar-refractivity contribution >= 4 is 30.9 Å². The molecule has 3 aromatic rings. The van der Waals surface area contributed by atoms with Crippen molar-refractivity contribution in [1.82, 2.24) is 19.5 Å². The Kier molecular flexibility index (Phi) is 6.21. The number of rotatable bonds is 5. The number of fused-ring (bicyclic) bond motifs is 1. The zero-order valence-corrected chi connectivity index (χ0v) is 18.8. The molecule has 0 radical (unpaired) electrons. The molecule has 1 aromatic carbocycles. The largest absolute Gasteiger partial charge is 0.545 e. The van der Waals surface area contributed by atoms with Crippen LogP contribution < -0.4 is 15.1 Å². The number of ketones is 1. The van der Waals surface area contributed by atoms with Crippen molar-refractivity contribution in [3.63, 3.8) is 0 Å². The van der Waals surface area contributed by atoms with Crippen molar-refractivity contribution in [1.29, 1.82) is 0 Å². The third-order valence-electron chi connectivity index (χ3n) is 5.02. The molecule has 0 atom stereocenters. The van der Waals surface area contributed by atoms with E-state index in [0.717, 1.165) is 24.5 Å². The van der Waals surface area contributed by atoms with Gasteiger partial charge in [-0.3, -0.25) is 24.0 Å². The summed E-state index contributed by atoms with van der Waals surface area (Å²) in [7, 11) is -5.08. The minimum Gasteiger partial charge on any atom is -0.360 e. The number of benzene rings is 1. The van der Waals surface area contributed by atoms with E-state index < -0.39 is 47.3 Å². The Morgan fingerprint density at radius 1 is 1.20 bits per heavy atom. The third-order valence-corrected chi connectivity index (χ3v) is 5.75. The number of aromatic nitrogens is 4. The van der Waals surface area contributed by atoms with Crippen LogP contribution >= 0.6 is 19.4 Å². The molecule has 2 aromatic heterocycles. The van der Waals surface area contributed by atoms with E-state index in [1.165, 1.54) is 9.47 Å². The number of carbonyl (C=O) groups is 1. The van der Waals surface area contributed by atoms with Gasteiger partial charge >= 0.3 is 19.6 Å². The van der Waals surface area contributed by atoms with Gasteiger partial charge < -0.3 is 9.47 Å². The molecule has 4 rings (SSSR count). The minimum atomic E-state index is -5.08. The second-order valence-electron chi connectivity index (χ2n) is 7.24. The highest BCUT2D eigenvalue weighted by Crippen LogP contribution is 2.34. The van der Waals surface area contributed by atoms with Gasteiger partial charge in [0, 0.05) is 18.7 Å². The van der Waals surface area contributed by atoms with Gasteiger partial charge in [0.25, 0.3) is 0 Å². The van der Waals surface area contributed by atoms with E-state index in [1.807, 2.05) is 0 Å². The lowest BCUT2D eigenvalue weighted by molar-refractivity contribution is -0.138. The first-order chi connectivity index (χ1) is 16.3. The van der Waals surface area contributed by atoms with E-state index in [2.05, 4.69) is 14.7 Å². The summed E-state index contributed by atoms with van der Waals surface area (Å²) >= 11 is 6.03. The Morgan fingerprint density at radius 3 is 2.57 bits per heavy atom. The van der Waals surface area contributed by atoms with Gasteiger partial charge in [-0.25, -0.2) is 13.9 Å². The number of alkyl halides is 3. The molecule has 0 spiro atoms. The number of halogens is 5. The van der Waals surface area contributed by atoms with E-state index >= 15 is 0 Å². The third kappa shape index (κ3) is 4.93. The standard InChI is InChI=1S/C18H13ClF4N5O6P/c19-15-12(7-25-28(17(15)30)34-35(31,32)33)26-3-4-27-13(6-24-14(27)8-26)16(29)10-2-1-9(20)5-11(10)18(21,22)23/h1-2,5-7H,3-4,8H2,(H2,31,32,33). The smallest absolute Gasteiger partial charge is 0.360 e. The van der Waals surface area contributed by atoms with Crippen LogP contribution in [0.1, 0.15) is 27.4 Å². The fraction of sp³-hybridized carbons (Fsp3) is 0.222. The predicted octanol–water partition coefficient (Wildman–Crippen LogP) is 2.02. The number of imidazole rings is 1. The van der Waals surface area contributed by atoms with Gasteiger partial charge in [0.2, 0.25) is 5.78 Å². The molecular formula is C18H13ClF4N5O6P. The molecule has 0 saturated carbocycles. The van der Waals surface area contributed by atoms with E-state index in [-0.39, 0.29) is 47.8 Å². The summed E-state index contributed by atoms with van der Waals surface area (Å²) < 4.78 is 69.9. The van der Waals surface area contributed by atoms with Crippen LogP contribution in [0.15, 0.2) is 35.4 Å². The van der Waals surface area contributed by atoms with Crippen molar-refractivity contribution in [2.45, 2.75) is 19.3 Å². The summed E-state index contributed by atoms with van der Waals surface area (Å²) in [5, 5.41) is 3.05. The number of phosphoric acid groups is 1. The van der Waals surface area contributed by atoms with E-state index in [4.69, 9.17) is 21.4 Å². The van der Waals surface area contributed by atoms with Crippen molar-refractivity contribution in [2.24, 2.45) is 0 Å². The maximum absolute atomic E-state index is 13.4. The van der Waals surface area contributed by atoms with Gasteiger partial charge in [0.05, 0.1) is 30.2 Å². The number of nitrogens with zero attached hydrogens (tertiary/aromatic N) is 5. The van der Waals surface area contributed by atoms with Gasteiger partial charge in [-0.1, -0.05) is 11.6 Å². The average Bonchev–Trinajstić information content (AvgIpc) is 3.18. The molecule has 35 heavy (non-hydrogen) atoms. The first-order valence-corrected chi connectivity index (χ1v) is 11.4. The fourth-order valence-electron chi connectivity index (χ4n) is 3.52. The summed E-state index contributed by atoms with van der Waals surface area (Å²) in [6.07, 6.45) is -2.84. The van der Waals surface area contributed by atoms with E-state index in [1.54, 1.807) is 0 Å². The molecule has 1 aliphatic heterocycles. The Hall–Kier alpha value is -3.26.